The van der Waals surface area contributed by atoms with E-state index in [-0.39, 0.29) is 24.3 Å². The number of ether oxygens (including phenoxy) is 1. The first-order chi connectivity index (χ1) is 10.2. The number of amides is 2. The zero-order valence-corrected chi connectivity index (χ0v) is 11.4. The van der Waals surface area contributed by atoms with Crippen molar-refractivity contribution in [2.45, 2.75) is 6.54 Å². The second-order valence-electron chi connectivity index (χ2n) is 4.12. The van der Waals surface area contributed by atoms with Gasteiger partial charge < -0.3 is 19.9 Å². The highest BCUT2D eigenvalue weighted by Crippen LogP contribution is 2.15. The van der Waals surface area contributed by atoms with Gasteiger partial charge in [0.15, 0.2) is 0 Å². The van der Waals surface area contributed by atoms with Gasteiger partial charge in [0.1, 0.15) is 5.82 Å². The highest BCUT2D eigenvalue weighted by atomic mass is 19.1. The van der Waals surface area contributed by atoms with Crippen LogP contribution in [0.25, 0.3) is 11.4 Å². The first kappa shape index (κ1) is 14.9. The fraction of sp³-hybridized carbons (Fsp3) is 0.308. The molecular weight excluding hydrogens is 279 g/mol. The summed E-state index contributed by atoms with van der Waals surface area (Å²) in [4.78, 5) is 15.5. The molecule has 0 radical (unpaired) electrons. The molecule has 7 nitrogen and oxygen atoms in total. The predicted molar refractivity (Wildman–Crippen MR) is 71.8 cm³/mol. The standard InChI is InChI=1S/C13H15FN4O3/c1-20-7-6-15-13(19)16-8-11-17-12(18-21-11)9-2-4-10(14)5-3-9/h2-5H,6-8H2,1H3,(H2,15,16,19). The van der Waals surface area contributed by atoms with Gasteiger partial charge in [0, 0.05) is 19.2 Å². The number of nitrogens with one attached hydrogen (secondary N) is 2. The van der Waals surface area contributed by atoms with Crippen LogP contribution in [0.3, 0.4) is 0 Å². The molecular formula is C13H15FN4O3. The van der Waals surface area contributed by atoms with Gasteiger partial charge in [-0.1, -0.05) is 5.16 Å². The molecule has 0 atom stereocenters. The molecule has 0 aliphatic carbocycles. The van der Waals surface area contributed by atoms with Crippen LogP contribution in [0, 0.1) is 5.82 Å². The molecule has 1 heterocycles. The second-order valence-corrected chi connectivity index (χ2v) is 4.12. The summed E-state index contributed by atoms with van der Waals surface area (Å²) in [7, 11) is 1.55. The highest BCUT2D eigenvalue weighted by Gasteiger charge is 2.09. The molecule has 0 saturated carbocycles. The summed E-state index contributed by atoms with van der Waals surface area (Å²) in [6.07, 6.45) is 0. The van der Waals surface area contributed by atoms with Crippen LogP contribution in [0.15, 0.2) is 28.8 Å². The lowest BCUT2D eigenvalue weighted by Gasteiger charge is -2.04. The zero-order chi connectivity index (χ0) is 15.1. The van der Waals surface area contributed by atoms with Crippen LogP contribution in [-0.2, 0) is 11.3 Å². The lowest BCUT2D eigenvalue weighted by Crippen LogP contribution is -2.36. The molecule has 0 unspecified atom stereocenters. The first-order valence-electron chi connectivity index (χ1n) is 6.28. The van der Waals surface area contributed by atoms with Crippen molar-refractivity contribution in [2.24, 2.45) is 0 Å². The third-order valence-electron chi connectivity index (χ3n) is 2.56. The molecule has 0 aliphatic rings. The Bertz CT molecular complexity index is 585. The van der Waals surface area contributed by atoms with Crippen molar-refractivity contribution in [3.8, 4) is 11.4 Å². The first-order valence-corrected chi connectivity index (χ1v) is 6.28. The minimum atomic E-state index is -0.353. The van der Waals surface area contributed by atoms with Crippen LogP contribution in [0.5, 0.6) is 0 Å². The minimum Gasteiger partial charge on any atom is -0.383 e. The summed E-state index contributed by atoms with van der Waals surface area (Å²) in [5.74, 6) is 0.264. The molecule has 112 valence electrons. The lowest BCUT2D eigenvalue weighted by atomic mass is 10.2. The van der Waals surface area contributed by atoms with E-state index < -0.39 is 0 Å². The number of carbonyl (C=O) groups excluding carboxylic acids is 1. The number of urea groups is 1. The van der Waals surface area contributed by atoms with E-state index in [2.05, 4.69) is 20.8 Å². The molecule has 2 N–H and O–H groups in total. The molecule has 0 spiro atoms. The van der Waals surface area contributed by atoms with E-state index in [4.69, 9.17) is 9.26 Å². The fourth-order valence-electron chi connectivity index (χ4n) is 1.53. The van der Waals surface area contributed by atoms with Gasteiger partial charge in [-0.25, -0.2) is 9.18 Å². The summed E-state index contributed by atoms with van der Waals surface area (Å²) < 4.78 is 22.6. The van der Waals surface area contributed by atoms with E-state index >= 15 is 0 Å². The molecule has 2 amide bonds. The molecule has 2 rings (SSSR count). The number of nitrogens with zero attached hydrogens (tertiary/aromatic N) is 2. The van der Waals surface area contributed by atoms with Crippen LogP contribution in [0.2, 0.25) is 0 Å². The Morgan fingerprint density at radius 1 is 1.33 bits per heavy atom. The average molecular weight is 294 g/mol. The summed E-state index contributed by atoms with van der Waals surface area (Å²) in [5.41, 5.74) is 0.635. The van der Waals surface area contributed by atoms with E-state index in [1.165, 1.54) is 12.1 Å². The maximum absolute atomic E-state index is 12.8. The van der Waals surface area contributed by atoms with E-state index in [1.807, 2.05) is 0 Å². The van der Waals surface area contributed by atoms with Crippen LogP contribution in [0.1, 0.15) is 5.89 Å². The molecule has 2 aromatic rings. The fourth-order valence-corrected chi connectivity index (χ4v) is 1.53. The quantitative estimate of drug-likeness (QED) is 0.784. The molecule has 0 saturated heterocycles. The molecule has 21 heavy (non-hydrogen) atoms. The van der Waals surface area contributed by atoms with E-state index in [0.29, 0.717) is 24.5 Å². The van der Waals surface area contributed by atoms with E-state index in [9.17, 15) is 9.18 Å². The van der Waals surface area contributed by atoms with Crippen LogP contribution >= 0.6 is 0 Å². The second kappa shape index (κ2) is 7.34. The van der Waals surface area contributed by atoms with Gasteiger partial charge in [0.05, 0.1) is 13.2 Å². The number of hydrogen-bond donors (Lipinski definition) is 2. The number of rotatable bonds is 6. The largest absolute Gasteiger partial charge is 0.383 e. The van der Waals surface area contributed by atoms with Crippen LogP contribution in [-0.4, -0.2) is 36.4 Å². The predicted octanol–water partition coefficient (Wildman–Crippen LogP) is 1.32. The van der Waals surface area contributed by atoms with Crippen molar-refractivity contribution in [3.05, 3.63) is 36.0 Å². The lowest BCUT2D eigenvalue weighted by molar-refractivity contribution is 0.195. The molecule has 8 heteroatoms. The number of benzene rings is 1. The normalized spacial score (nSPS) is 10.4. The van der Waals surface area contributed by atoms with Crippen LogP contribution < -0.4 is 10.6 Å². The summed E-state index contributed by atoms with van der Waals surface area (Å²) in [6, 6.07) is 5.37. The summed E-state index contributed by atoms with van der Waals surface area (Å²) >= 11 is 0. The zero-order valence-electron chi connectivity index (χ0n) is 11.4. The SMILES string of the molecule is COCCNC(=O)NCc1nc(-c2ccc(F)cc2)no1. The van der Waals surface area contributed by atoms with Gasteiger partial charge in [-0.3, -0.25) is 0 Å². The Kier molecular flexibility index (Phi) is 5.22. The Morgan fingerprint density at radius 2 is 2.10 bits per heavy atom. The van der Waals surface area contributed by atoms with Gasteiger partial charge >= 0.3 is 6.03 Å². The number of halogens is 1. The maximum atomic E-state index is 12.8. The molecule has 1 aromatic carbocycles. The van der Waals surface area contributed by atoms with Gasteiger partial charge in [-0.2, -0.15) is 4.98 Å². The van der Waals surface area contributed by atoms with Crippen molar-refractivity contribution < 1.29 is 18.4 Å². The number of hydrogen-bond acceptors (Lipinski definition) is 5. The van der Waals surface area contributed by atoms with E-state index in [0.717, 1.165) is 0 Å². The topological polar surface area (TPSA) is 89.3 Å². The molecule has 1 aromatic heterocycles. The molecule has 0 aliphatic heterocycles. The van der Waals surface area contributed by atoms with Crippen molar-refractivity contribution in [1.82, 2.24) is 20.8 Å². The third-order valence-corrected chi connectivity index (χ3v) is 2.56. The van der Waals surface area contributed by atoms with Crippen molar-refractivity contribution in [3.63, 3.8) is 0 Å². The monoisotopic (exact) mass is 294 g/mol. The molecule has 0 fully saturated rings. The number of methoxy groups -OCH3 is 1. The number of carbonyl (C=O) groups is 1. The maximum Gasteiger partial charge on any atom is 0.315 e. The Labute approximate surface area is 120 Å². The minimum absolute atomic E-state index is 0.104. The Morgan fingerprint density at radius 3 is 2.81 bits per heavy atom. The highest BCUT2D eigenvalue weighted by molar-refractivity contribution is 5.73. The van der Waals surface area contributed by atoms with Gasteiger partial charge in [0.2, 0.25) is 11.7 Å². The van der Waals surface area contributed by atoms with E-state index in [1.54, 1.807) is 19.2 Å². The van der Waals surface area contributed by atoms with Crippen molar-refractivity contribution >= 4 is 6.03 Å². The van der Waals surface area contributed by atoms with Crippen LogP contribution in [0.4, 0.5) is 9.18 Å². The average Bonchev–Trinajstić information content (AvgIpc) is 2.95. The van der Waals surface area contributed by atoms with Gasteiger partial charge in [-0.15, -0.1) is 0 Å². The Balaban J connectivity index is 1.86. The molecule has 0 bridgehead atoms. The number of aromatic nitrogens is 2. The van der Waals surface area contributed by atoms with Gasteiger partial charge in [0.25, 0.3) is 0 Å². The summed E-state index contributed by atoms with van der Waals surface area (Å²) in [5, 5.41) is 8.93. The Hall–Kier alpha value is -2.48. The van der Waals surface area contributed by atoms with Crippen molar-refractivity contribution in [2.75, 3.05) is 20.3 Å². The van der Waals surface area contributed by atoms with Gasteiger partial charge in [-0.05, 0) is 24.3 Å². The van der Waals surface area contributed by atoms with Crippen molar-refractivity contribution in [1.29, 1.82) is 0 Å². The smallest absolute Gasteiger partial charge is 0.315 e. The third kappa shape index (κ3) is 4.53. The summed E-state index contributed by atoms with van der Waals surface area (Å²) in [6.45, 7) is 0.947.